The molecule has 1 aromatic carbocycles. The van der Waals surface area contributed by atoms with Crippen molar-refractivity contribution >= 4 is 15.9 Å². The van der Waals surface area contributed by atoms with E-state index in [1.54, 1.807) is 0 Å². The molecule has 1 saturated heterocycles. The molecule has 124 valence electrons. The summed E-state index contributed by atoms with van der Waals surface area (Å²) in [5.74, 6) is 2.21. The molecule has 0 spiro atoms. The van der Waals surface area contributed by atoms with Crippen LogP contribution in [0.5, 0.6) is 0 Å². The van der Waals surface area contributed by atoms with Crippen LogP contribution in [-0.2, 0) is 10.2 Å². The molecule has 0 aliphatic carbocycles. The minimum absolute atomic E-state index is 0.270. The molecule has 3 rings (SSSR count). The van der Waals surface area contributed by atoms with Crippen LogP contribution >= 0.6 is 15.9 Å². The van der Waals surface area contributed by atoms with Crippen LogP contribution in [-0.4, -0.2) is 23.4 Å². The van der Waals surface area contributed by atoms with Crippen molar-refractivity contribution in [1.29, 1.82) is 0 Å². The Morgan fingerprint density at radius 3 is 2.43 bits per heavy atom. The van der Waals surface area contributed by atoms with Gasteiger partial charge in [-0.05, 0) is 43.4 Å². The number of hydrogen-bond acceptors (Lipinski definition) is 4. The van der Waals surface area contributed by atoms with Crippen LogP contribution in [0.3, 0.4) is 0 Å². The predicted octanol–water partition coefficient (Wildman–Crippen LogP) is 4.69. The van der Waals surface area contributed by atoms with Gasteiger partial charge in [-0.25, -0.2) is 0 Å². The number of benzene rings is 1. The number of aromatic nitrogens is 2. The largest absolute Gasteiger partial charge is 0.381 e. The van der Waals surface area contributed by atoms with Gasteiger partial charge in [-0.2, -0.15) is 4.98 Å². The van der Waals surface area contributed by atoms with Crippen molar-refractivity contribution in [1.82, 2.24) is 10.1 Å². The first-order valence-corrected chi connectivity index (χ1v) is 8.99. The van der Waals surface area contributed by atoms with E-state index in [0.29, 0.717) is 11.8 Å². The maximum Gasteiger partial charge on any atom is 0.229 e. The Hall–Kier alpha value is -1.20. The Balaban J connectivity index is 1.95. The molecule has 1 aliphatic heterocycles. The van der Waals surface area contributed by atoms with E-state index in [9.17, 15) is 0 Å². The molecule has 4 nitrogen and oxygen atoms in total. The summed E-state index contributed by atoms with van der Waals surface area (Å²) < 4.78 is 12.1. The molecule has 2 heterocycles. The first-order chi connectivity index (χ1) is 11.0. The Bertz CT molecular complexity index is 647. The third-order valence-corrected chi connectivity index (χ3v) is 5.60. The molecule has 1 unspecified atom stereocenters. The quantitative estimate of drug-likeness (QED) is 0.774. The highest BCUT2D eigenvalue weighted by atomic mass is 79.9. The molecule has 0 saturated carbocycles. The molecular formula is C18H23BrN2O2. The first-order valence-electron chi connectivity index (χ1n) is 8.19. The maximum atomic E-state index is 5.62. The zero-order valence-corrected chi connectivity index (χ0v) is 15.5. The maximum absolute atomic E-state index is 5.62. The number of nitrogens with zero attached hydrogens (tertiary/aromatic N) is 2. The van der Waals surface area contributed by atoms with Gasteiger partial charge in [0.2, 0.25) is 5.89 Å². The Morgan fingerprint density at radius 1 is 1.17 bits per heavy atom. The monoisotopic (exact) mass is 378 g/mol. The average Bonchev–Trinajstić information content (AvgIpc) is 3.06. The lowest BCUT2D eigenvalue weighted by Crippen LogP contribution is -2.31. The van der Waals surface area contributed by atoms with Crippen LogP contribution in [0.15, 0.2) is 33.3 Å². The van der Waals surface area contributed by atoms with Gasteiger partial charge in [0, 0.05) is 23.6 Å². The minimum Gasteiger partial charge on any atom is -0.381 e. The summed E-state index contributed by atoms with van der Waals surface area (Å²) in [6.07, 6.45) is 1.91. The van der Waals surface area contributed by atoms with Gasteiger partial charge in [-0.15, -0.1) is 0 Å². The highest BCUT2D eigenvalue weighted by Crippen LogP contribution is 2.38. The van der Waals surface area contributed by atoms with Crippen molar-refractivity contribution in [3.05, 3.63) is 46.0 Å². The van der Waals surface area contributed by atoms with Crippen LogP contribution in [0.1, 0.15) is 56.8 Å². The van der Waals surface area contributed by atoms with Crippen LogP contribution in [0.2, 0.25) is 0 Å². The molecule has 1 aliphatic rings. The Morgan fingerprint density at radius 2 is 1.83 bits per heavy atom. The van der Waals surface area contributed by atoms with E-state index >= 15 is 0 Å². The lowest BCUT2D eigenvalue weighted by Gasteiger charge is -2.31. The smallest absolute Gasteiger partial charge is 0.229 e. The van der Waals surface area contributed by atoms with Crippen molar-refractivity contribution in [3.63, 3.8) is 0 Å². The molecule has 5 heteroatoms. The average molecular weight is 379 g/mol. The van der Waals surface area contributed by atoms with Gasteiger partial charge in [0.15, 0.2) is 5.82 Å². The van der Waals surface area contributed by atoms with E-state index in [4.69, 9.17) is 14.2 Å². The van der Waals surface area contributed by atoms with Gasteiger partial charge >= 0.3 is 0 Å². The number of ether oxygens (including phenoxy) is 1. The summed E-state index contributed by atoms with van der Waals surface area (Å²) in [7, 11) is 0. The van der Waals surface area contributed by atoms with E-state index in [2.05, 4.69) is 66.1 Å². The van der Waals surface area contributed by atoms with Crippen LogP contribution in [0.25, 0.3) is 0 Å². The molecule has 0 amide bonds. The minimum atomic E-state index is -0.270. The lowest BCUT2D eigenvalue weighted by molar-refractivity contribution is 0.0778. The Labute approximate surface area is 145 Å². The fraction of sp³-hybridized carbons (Fsp3) is 0.556. The van der Waals surface area contributed by atoms with Crippen LogP contribution < -0.4 is 0 Å². The third-order valence-electron chi connectivity index (χ3n) is 5.08. The summed E-state index contributed by atoms with van der Waals surface area (Å²) in [6, 6.07) is 8.40. The standard InChI is InChI=1S/C18H23BrN2O2/c1-12(2)18(3,14-4-6-15(19)7-5-14)17-20-16(23-21-17)13-8-10-22-11-9-13/h4-7,12-13H,8-11H2,1-3H3. The van der Waals surface area contributed by atoms with Crippen LogP contribution in [0.4, 0.5) is 0 Å². The molecule has 23 heavy (non-hydrogen) atoms. The van der Waals surface area contributed by atoms with E-state index in [-0.39, 0.29) is 5.41 Å². The van der Waals surface area contributed by atoms with Gasteiger partial charge in [-0.3, -0.25) is 0 Å². The SMILES string of the molecule is CC(C)C(C)(c1ccc(Br)cc1)c1noc(C2CCOCC2)n1. The van der Waals surface area contributed by atoms with E-state index < -0.39 is 0 Å². The zero-order valence-electron chi connectivity index (χ0n) is 13.9. The van der Waals surface area contributed by atoms with Crippen molar-refractivity contribution in [2.75, 3.05) is 13.2 Å². The van der Waals surface area contributed by atoms with Crippen molar-refractivity contribution in [2.45, 2.75) is 44.9 Å². The third kappa shape index (κ3) is 3.22. The molecule has 0 radical (unpaired) electrons. The Kier molecular flexibility index (Phi) is 4.87. The van der Waals surface area contributed by atoms with Gasteiger partial charge < -0.3 is 9.26 Å². The predicted molar refractivity (Wildman–Crippen MR) is 92.5 cm³/mol. The normalized spacial score (nSPS) is 19.0. The first kappa shape index (κ1) is 16.7. The zero-order chi connectivity index (χ0) is 16.4. The number of halogens is 1. The molecule has 0 N–H and O–H groups in total. The highest BCUT2D eigenvalue weighted by molar-refractivity contribution is 9.10. The topological polar surface area (TPSA) is 48.2 Å². The van der Waals surface area contributed by atoms with Crippen LogP contribution in [0, 0.1) is 5.92 Å². The molecule has 1 aromatic heterocycles. The molecular weight excluding hydrogens is 356 g/mol. The van der Waals surface area contributed by atoms with E-state index in [1.165, 1.54) is 5.56 Å². The van der Waals surface area contributed by atoms with Crippen molar-refractivity contribution < 1.29 is 9.26 Å². The van der Waals surface area contributed by atoms with E-state index in [0.717, 1.165) is 42.2 Å². The second-order valence-electron chi connectivity index (χ2n) is 6.71. The fourth-order valence-electron chi connectivity index (χ4n) is 3.07. The molecule has 1 atom stereocenters. The molecule has 1 fully saturated rings. The second-order valence-corrected chi connectivity index (χ2v) is 7.62. The highest BCUT2D eigenvalue weighted by Gasteiger charge is 2.38. The lowest BCUT2D eigenvalue weighted by atomic mass is 9.73. The van der Waals surface area contributed by atoms with E-state index in [1.807, 2.05) is 0 Å². The molecule has 0 bridgehead atoms. The van der Waals surface area contributed by atoms with Gasteiger partial charge in [0.05, 0.1) is 5.41 Å². The van der Waals surface area contributed by atoms with Crippen molar-refractivity contribution in [2.24, 2.45) is 5.92 Å². The second kappa shape index (κ2) is 6.73. The fourth-order valence-corrected chi connectivity index (χ4v) is 3.34. The van der Waals surface area contributed by atoms with Gasteiger partial charge in [0.1, 0.15) is 0 Å². The summed E-state index contributed by atoms with van der Waals surface area (Å²) in [4.78, 5) is 4.78. The number of hydrogen-bond donors (Lipinski definition) is 0. The number of rotatable bonds is 4. The van der Waals surface area contributed by atoms with Crippen molar-refractivity contribution in [3.8, 4) is 0 Å². The summed E-state index contributed by atoms with van der Waals surface area (Å²) in [5.41, 5.74) is 0.934. The van der Waals surface area contributed by atoms with Gasteiger partial charge in [0.25, 0.3) is 0 Å². The summed E-state index contributed by atoms with van der Waals surface area (Å²) in [5, 5.41) is 4.34. The molecule has 2 aromatic rings. The summed E-state index contributed by atoms with van der Waals surface area (Å²) in [6.45, 7) is 8.14. The summed E-state index contributed by atoms with van der Waals surface area (Å²) >= 11 is 3.50. The van der Waals surface area contributed by atoms with Gasteiger partial charge in [-0.1, -0.05) is 47.1 Å².